The Labute approximate surface area is 89.0 Å². The van der Waals surface area contributed by atoms with Gasteiger partial charge < -0.3 is 9.52 Å². The Morgan fingerprint density at radius 2 is 2.31 bits per heavy atom. The van der Waals surface area contributed by atoms with E-state index in [1.807, 2.05) is 4.98 Å². The van der Waals surface area contributed by atoms with Crippen molar-refractivity contribution < 1.29 is 9.52 Å². The molecule has 16 heavy (non-hydrogen) atoms. The van der Waals surface area contributed by atoms with Crippen LogP contribution in [0.4, 0.5) is 0 Å². The molecule has 0 aliphatic carbocycles. The van der Waals surface area contributed by atoms with Gasteiger partial charge in [0, 0.05) is 0 Å². The summed E-state index contributed by atoms with van der Waals surface area (Å²) in [6.45, 7) is 1.68. The number of aromatic hydroxyl groups is 1. The quantitative estimate of drug-likeness (QED) is 0.720. The van der Waals surface area contributed by atoms with Crippen molar-refractivity contribution in [3.8, 4) is 5.88 Å². The minimum atomic E-state index is -0.708. The highest BCUT2D eigenvalue weighted by molar-refractivity contribution is 5.07. The molecule has 0 saturated heterocycles. The zero-order chi connectivity index (χ0) is 11.7. The molecule has 7 heteroatoms. The highest BCUT2D eigenvalue weighted by Gasteiger charge is 2.08. The van der Waals surface area contributed by atoms with E-state index < -0.39 is 17.1 Å². The number of aromatic nitrogens is 3. The second kappa shape index (κ2) is 3.69. The van der Waals surface area contributed by atoms with Gasteiger partial charge in [0.25, 0.3) is 5.56 Å². The molecule has 84 valence electrons. The number of rotatable bonds is 2. The molecule has 0 aliphatic heterocycles. The second-order valence-corrected chi connectivity index (χ2v) is 3.25. The van der Waals surface area contributed by atoms with Crippen LogP contribution < -0.4 is 11.2 Å². The average Bonchev–Trinajstić information content (AvgIpc) is 2.58. The lowest BCUT2D eigenvalue weighted by Gasteiger charge is -2.03. The van der Waals surface area contributed by atoms with E-state index >= 15 is 0 Å². The SMILES string of the molecule is Cc1cnc(Cn2c(O)cc(=O)[nH]c2=O)o1. The van der Waals surface area contributed by atoms with Gasteiger partial charge in [-0.15, -0.1) is 0 Å². The third kappa shape index (κ3) is 1.88. The standard InChI is InChI=1S/C9H9N3O4/c1-5-3-10-7(16-5)4-12-8(14)2-6(13)11-9(12)15/h2-3,14H,4H2,1H3,(H,11,13,15). The number of aryl methyl sites for hydroxylation is 1. The molecule has 2 aromatic rings. The first kappa shape index (κ1) is 10.2. The zero-order valence-corrected chi connectivity index (χ0v) is 8.43. The minimum Gasteiger partial charge on any atom is -0.494 e. The molecule has 0 aromatic carbocycles. The lowest BCUT2D eigenvalue weighted by atomic mass is 10.5. The van der Waals surface area contributed by atoms with Crippen molar-refractivity contribution in [2.75, 3.05) is 0 Å². The fourth-order valence-electron chi connectivity index (χ4n) is 1.27. The molecule has 0 radical (unpaired) electrons. The molecule has 0 spiro atoms. The van der Waals surface area contributed by atoms with E-state index in [1.165, 1.54) is 6.20 Å². The Bertz CT molecular complexity index is 622. The molecule has 7 nitrogen and oxygen atoms in total. The van der Waals surface area contributed by atoms with Crippen LogP contribution in [0.2, 0.25) is 0 Å². The third-order valence-corrected chi connectivity index (χ3v) is 1.97. The van der Waals surface area contributed by atoms with Crippen LogP contribution in [-0.2, 0) is 6.54 Å². The van der Waals surface area contributed by atoms with Crippen LogP contribution in [0.3, 0.4) is 0 Å². The Morgan fingerprint density at radius 3 is 2.88 bits per heavy atom. The Balaban J connectivity index is 2.42. The predicted octanol–water partition coefficient (Wildman–Crippen LogP) is -0.413. The van der Waals surface area contributed by atoms with Crippen molar-refractivity contribution in [2.45, 2.75) is 13.5 Å². The first-order valence-electron chi connectivity index (χ1n) is 4.50. The lowest BCUT2D eigenvalue weighted by molar-refractivity contribution is 0.385. The van der Waals surface area contributed by atoms with Crippen molar-refractivity contribution in [3.63, 3.8) is 0 Å². The van der Waals surface area contributed by atoms with Crippen LogP contribution >= 0.6 is 0 Å². The summed E-state index contributed by atoms with van der Waals surface area (Å²) in [5, 5.41) is 9.41. The van der Waals surface area contributed by atoms with Gasteiger partial charge in [-0.1, -0.05) is 0 Å². The molecule has 0 atom stereocenters. The van der Waals surface area contributed by atoms with Crippen molar-refractivity contribution in [1.29, 1.82) is 0 Å². The maximum Gasteiger partial charge on any atom is 0.331 e. The summed E-state index contributed by atoms with van der Waals surface area (Å²) in [4.78, 5) is 28.1. The monoisotopic (exact) mass is 223 g/mol. The molecular weight excluding hydrogens is 214 g/mol. The number of nitrogens with one attached hydrogen (secondary N) is 1. The first-order valence-corrected chi connectivity index (χ1v) is 4.50. The van der Waals surface area contributed by atoms with Crippen molar-refractivity contribution in [1.82, 2.24) is 14.5 Å². The van der Waals surface area contributed by atoms with Crippen LogP contribution in [0, 0.1) is 6.92 Å². The van der Waals surface area contributed by atoms with E-state index in [2.05, 4.69) is 4.98 Å². The van der Waals surface area contributed by atoms with E-state index in [0.29, 0.717) is 5.76 Å². The van der Waals surface area contributed by atoms with Crippen molar-refractivity contribution in [3.05, 3.63) is 44.8 Å². The Morgan fingerprint density at radius 1 is 1.56 bits per heavy atom. The molecule has 0 bridgehead atoms. The summed E-state index contributed by atoms with van der Waals surface area (Å²) in [5.41, 5.74) is -1.36. The molecule has 2 aromatic heterocycles. The minimum absolute atomic E-state index is 0.0325. The largest absolute Gasteiger partial charge is 0.494 e. The average molecular weight is 223 g/mol. The first-order chi connectivity index (χ1) is 7.56. The van der Waals surface area contributed by atoms with Crippen LogP contribution in [0.25, 0.3) is 0 Å². The van der Waals surface area contributed by atoms with Gasteiger partial charge in [-0.05, 0) is 6.92 Å². The summed E-state index contributed by atoms with van der Waals surface area (Å²) >= 11 is 0. The fraction of sp³-hybridized carbons (Fsp3) is 0.222. The number of hydrogen-bond donors (Lipinski definition) is 2. The van der Waals surface area contributed by atoms with Gasteiger partial charge in [-0.25, -0.2) is 9.78 Å². The van der Waals surface area contributed by atoms with E-state index in [9.17, 15) is 14.7 Å². The van der Waals surface area contributed by atoms with E-state index in [1.54, 1.807) is 6.92 Å². The smallest absolute Gasteiger partial charge is 0.331 e. The third-order valence-electron chi connectivity index (χ3n) is 1.97. The van der Waals surface area contributed by atoms with Gasteiger partial charge in [0.05, 0.1) is 12.3 Å². The number of H-pyrrole nitrogens is 1. The molecule has 2 heterocycles. The highest BCUT2D eigenvalue weighted by Crippen LogP contribution is 2.06. The molecule has 2 rings (SSSR count). The van der Waals surface area contributed by atoms with Crippen LogP contribution in [0.15, 0.2) is 26.3 Å². The molecule has 0 amide bonds. The molecule has 0 fully saturated rings. The van der Waals surface area contributed by atoms with Crippen molar-refractivity contribution >= 4 is 0 Å². The van der Waals surface area contributed by atoms with Crippen molar-refractivity contribution in [2.24, 2.45) is 0 Å². The van der Waals surface area contributed by atoms with E-state index in [-0.39, 0.29) is 12.4 Å². The summed E-state index contributed by atoms with van der Waals surface area (Å²) in [5.74, 6) is 0.457. The predicted molar refractivity (Wildman–Crippen MR) is 53.3 cm³/mol. The number of nitrogens with zero attached hydrogens (tertiary/aromatic N) is 2. The van der Waals surface area contributed by atoms with Gasteiger partial charge in [-0.2, -0.15) is 0 Å². The van der Waals surface area contributed by atoms with Gasteiger partial charge >= 0.3 is 5.69 Å². The summed E-state index contributed by atoms with van der Waals surface area (Å²) in [7, 11) is 0. The second-order valence-electron chi connectivity index (χ2n) is 3.25. The number of aromatic amines is 1. The summed E-state index contributed by atoms with van der Waals surface area (Å²) < 4.78 is 6.10. The maximum absolute atomic E-state index is 11.3. The highest BCUT2D eigenvalue weighted by atomic mass is 16.4. The van der Waals surface area contributed by atoms with E-state index in [4.69, 9.17) is 4.42 Å². The van der Waals surface area contributed by atoms with Crippen LogP contribution in [0.5, 0.6) is 5.88 Å². The topological polar surface area (TPSA) is 101 Å². The Hall–Kier alpha value is -2.31. The van der Waals surface area contributed by atoms with Gasteiger partial charge in [0.1, 0.15) is 12.3 Å². The number of hydrogen-bond acceptors (Lipinski definition) is 5. The molecule has 0 aliphatic rings. The Kier molecular flexibility index (Phi) is 2.35. The normalized spacial score (nSPS) is 10.6. The number of oxazole rings is 1. The molecule has 2 N–H and O–H groups in total. The van der Waals surface area contributed by atoms with E-state index in [0.717, 1.165) is 10.6 Å². The van der Waals surface area contributed by atoms with Gasteiger partial charge in [0.2, 0.25) is 11.8 Å². The summed E-state index contributed by atoms with van der Waals surface area (Å²) in [6, 6.07) is 0.914. The molecule has 0 unspecified atom stereocenters. The molecule has 0 saturated carbocycles. The fourth-order valence-corrected chi connectivity index (χ4v) is 1.27. The molecular formula is C9H9N3O4. The van der Waals surface area contributed by atoms with Gasteiger partial charge in [-0.3, -0.25) is 14.3 Å². The van der Waals surface area contributed by atoms with Crippen LogP contribution in [-0.4, -0.2) is 19.6 Å². The zero-order valence-electron chi connectivity index (χ0n) is 8.43. The summed E-state index contributed by atoms with van der Waals surface area (Å²) in [6.07, 6.45) is 1.50. The lowest BCUT2D eigenvalue weighted by Crippen LogP contribution is -2.29. The van der Waals surface area contributed by atoms with Gasteiger partial charge in [0.15, 0.2) is 0 Å². The van der Waals surface area contributed by atoms with Crippen LogP contribution in [0.1, 0.15) is 11.7 Å². The maximum atomic E-state index is 11.3.